The normalized spacial score (nSPS) is 13.0. The van der Waals surface area contributed by atoms with Crippen LogP contribution in [0, 0.1) is 0 Å². The second kappa shape index (κ2) is 70.0. The fourth-order valence-corrected chi connectivity index (χ4v) is 9.52. The van der Waals surface area contributed by atoms with Gasteiger partial charge in [0.05, 0.1) is 0 Å². The van der Waals surface area contributed by atoms with Crippen LogP contribution in [0.1, 0.15) is 316 Å². The molecule has 0 aromatic rings. The van der Waals surface area contributed by atoms with Crippen LogP contribution in [0.15, 0.2) is 134 Å². The Bertz CT molecular complexity index is 1750. The molecule has 0 spiro atoms. The lowest BCUT2D eigenvalue weighted by atomic mass is 10.0. The summed E-state index contributed by atoms with van der Waals surface area (Å²) in [5, 5.41) is 0. The molecule has 6 heteroatoms. The zero-order valence-electron chi connectivity index (χ0n) is 54.2. The summed E-state index contributed by atoms with van der Waals surface area (Å²) in [6, 6.07) is 0. The SMILES string of the molecule is CC/C=C\C/C=C\C/C=C\C/C=C\C/C=C\C/C=C\CCCCCCCCCCCCCCC(=O)OCC(COC(=O)CC/C=C\C/C=C\C/C=C\C/C=C\CC)OC(=O)CCCCCCCCCCC/C=C\CCCCCCCCCC. The van der Waals surface area contributed by atoms with E-state index in [4.69, 9.17) is 14.2 Å². The van der Waals surface area contributed by atoms with E-state index >= 15 is 0 Å². The van der Waals surface area contributed by atoms with Crippen molar-refractivity contribution < 1.29 is 28.6 Å². The quantitative estimate of drug-likeness (QED) is 0.0261. The maximum absolute atomic E-state index is 12.9. The Morgan fingerprint density at radius 3 is 0.819 bits per heavy atom. The van der Waals surface area contributed by atoms with Crippen LogP contribution in [-0.2, 0) is 28.6 Å². The number of rotatable bonds is 62. The molecule has 6 nitrogen and oxygen atoms in total. The van der Waals surface area contributed by atoms with Gasteiger partial charge in [0.25, 0.3) is 0 Å². The highest BCUT2D eigenvalue weighted by molar-refractivity contribution is 5.71. The molecule has 0 aliphatic heterocycles. The van der Waals surface area contributed by atoms with Gasteiger partial charge in [-0.25, -0.2) is 0 Å². The molecule has 0 amide bonds. The van der Waals surface area contributed by atoms with E-state index < -0.39 is 6.10 Å². The highest BCUT2D eigenvalue weighted by Gasteiger charge is 2.19. The summed E-state index contributed by atoms with van der Waals surface area (Å²) in [4.78, 5) is 38.3. The maximum atomic E-state index is 12.9. The van der Waals surface area contributed by atoms with E-state index in [1.807, 2.05) is 6.08 Å². The Labute approximate surface area is 513 Å². The highest BCUT2D eigenvalue weighted by atomic mass is 16.6. The van der Waals surface area contributed by atoms with Crippen molar-refractivity contribution in [1.82, 2.24) is 0 Å². The summed E-state index contributed by atoms with van der Waals surface area (Å²) in [7, 11) is 0. The van der Waals surface area contributed by atoms with Gasteiger partial charge in [-0.2, -0.15) is 0 Å². The largest absolute Gasteiger partial charge is 0.462 e. The number of carbonyl (C=O) groups is 3. The molecule has 0 heterocycles. The molecule has 1 unspecified atom stereocenters. The van der Waals surface area contributed by atoms with Crippen molar-refractivity contribution in [3.63, 3.8) is 0 Å². The third-order valence-corrected chi connectivity index (χ3v) is 14.6. The summed E-state index contributed by atoms with van der Waals surface area (Å²) >= 11 is 0. The van der Waals surface area contributed by atoms with Crippen molar-refractivity contribution in [2.45, 2.75) is 322 Å². The lowest BCUT2D eigenvalue weighted by Crippen LogP contribution is -2.30. The van der Waals surface area contributed by atoms with Crippen LogP contribution in [0.3, 0.4) is 0 Å². The molecule has 0 N–H and O–H groups in total. The zero-order chi connectivity index (χ0) is 59.9. The molecule has 472 valence electrons. The second-order valence-electron chi connectivity index (χ2n) is 22.7. The third kappa shape index (κ3) is 68.2. The molecule has 0 aliphatic rings. The average molecular weight is 1150 g/mol. The van der Waals surface area contributed by atoms with Crippen LogP contribution < -0.4 is 0 Å². The van der Waals surface area contributed by atoms with E-state index in [0.717, 1.165) is 103 Å². The molecule has 0 aromatic carbocycles. The first kappa shape index (κ1) is 78.5. The number of unbranched alkanes of at least 4 members (excludes halogenated alkanes) is 29. The fraction of sp³-hybridized carbons (Fsp3) is 0.675. The minimum atomic E-state index is -0.813. The van der Waals surface area contributed by atoms with Crippen molar-refractivity contribution in [3.05, 3.63) is 134 Å². The van der Waals surface area contributed by atoms with Gasteiger partial charge in [0, 0.05) is 19.3 Å². The Kier molecular flexibility index (Phi) is 66.3. The van der Waals surface area contributed by atoms with Crippen LogP contribution in [0.4, 0.5) is 0 Å². The topological polar surface area (TPSA) is 78.9 Å². The molecule has 0 fully saturated rings. The standard InChI is InChI=1S/C77H128O6/c1-4-7-10-13-16-19-22-25-27-29-31-33-34-35-36-37-38-39-40-41-42-44-45-47-49-52-55-58-61-64-67-70-76(79)82-73-74(72-81-75(78)69-66-63-60-57-54-51-24-21-18-15-12-9-6-3)83-77(80)71-68-65-62-59-56-53-50-48-46-43-32-30-28-26-23-20-17-14-11-8-5-2/h7,9-10,12,16,18-19,21,25,27,30-33,35-36,38-39,51,54,60,63,74H,4-6,8,11,13-15,17,20,22-24,26,28-29,34,37,40-50,52-53,55-59,61-62,64-73H2,1-3H3/b10-7-,12-9-,19-16-,21-18-,27-25-,32-30-,33-31-,36-35-,39-38-,54-51-,63-60-. The third-order valence-electron chi connectivity index (χ3n) is 14.6. The monoisotopic (exact) mass is 1150 g/mol. The van der Waals surface area contributed by atoms with Gasteiger partial charge in [-0.1, -0.05) is 309 Å². The summed E-state index contributed by atoms with van der Waals surface area (Å²) in [6.07, 6.45) is 99.2. The van der Waals surface area contributed by atoms with E-state index in [1.165, 1.54) is 167 Å². The van der Waals surface area contributed by atoms with E-state index in [1.54, 1.807) is 0 Å². The molecular weight excluding hydrogens is 1020 g/mol. The van der Waals surface area contributed by atoms with E-state index in [-0.39, 0.29) is 37.5 Å². The molecule has 0 aliphatic carbocycles. The van der Waals surface area contributed by atoms with Crippen molar-refractivity contribution in [2.24, 2.45) is 0 Å². The van der Waals surface area contributed by atoms with E-state index in [9.17, 15) is 14.4 Å². The lowest BCUT2D eigenvalue weighted by Gasteiger charge is -2.18. The zero-order valence-corrected chi connectivity index (χ0v) is 54.2. The predicted octanol–water partition coefficient (Wildman–Crippen LogP) is 24.1. The van der Waals surface area contributed by atoms with Crippen LogP contribution >= 0.6 is 0 Å². The van der Waals surface area contributed by atoms with Crippen LogP contribution in [0.2, 0.25) is 0 Å². The minimum absolute atomic E-state index is 0.103. The molecule has 0 saturated carbocycles. The minimum Gasteiger partial charge on any atom is -0.462 e. The van der Waals surface area contributed by atoms with Gasteiger partial charge in [-0.15, -0.1) is 0 Å². The Morgan fingerprint density at radius 2 is 0.494 bits per heavy atom. The molecule has 1 atom stereocenters. The van der Waals surface area contributed by atoms with Gasteiger partial charge in [0.1, 0.15) is 13.2 Å². The highest BCUT2D eigenvalue weighted by Crippen LogP contribution is 2.16. The first-order valence-electron chi connectivity index (χ1n) is 34.7. The Balaban J connectivity index is 4.30. The van der Waals surface area contributed by atoms with Crippen molar-refractivity contribution >= 4 is 17.9 Å². The number of ether oxygens (including phenoxy) is 3. The molecule has 0 saturated heterocycles. The van der Waals surface area contributed by atoms with Crippen molar-refractivity contribution in [1.29, 1.82) is 0 Å². The summed E-state index contributed by atoms with van der Waals surface area (Å²) in [5.74, 6) is -0.985. The molecule has 0 rings (SSSR count). The molecular formula is C77H128O6. The average Bonchev–Trinajstić information content (AvgIpc) is 3.49. The molecule has 0 aromatic heterocycles. The summed E-state index contributed by atoms with van der Waals surface area (Å²) in [5.41, 5.74) is 0. The van der Waals surface area contributed by atoms with Crippen LogP contribution in [0.5, 0.6) is 0 Å². The first-order valence-corrected chi connectivity index (χ1v) is 34.7. The number of carbonyl (C=O) groups excluding carboxylic acids is 3. The van der Waals surface area contributed by atoms with Crippen LogP contribution in [0.25, 0.3) is 0 Å². The smallest absolute Gasteiger partial charge is 0.306 e. The van der Waals surface area contributed by atoms with Gasteiger partial charge in [0.2, 0.25) is 0 Å². The van der Waals surface area contributed by atoms with E-state index in [0.29, 0.717) is 19.3 Å². The first-order chi connectivity index (χ1) is 41.0. The Morgan fingerprint density at radius 1 is 0.253 bits per heavy atom. The molecule has 0 radical (unpaired) electrons. The predicted molar refractivity (Wildman–Crippen MR) is 362 cm³/mol. The number of esters is 3. The van der Waals surface area contributed by atoms with Crippen molar-refractivity contribution in [3.8, 4) is 0 Å². The second-order valence-corrected chi connectivity index (χ2v) is 22.7. The van der Waals surface area contributed by atoms with Gasteiger partial charge in [-0.3, -0.25) is 14.4 Å². The van der Waals surface area contributed by atoms with Crippen molar-refractivity contribution in [2.75, 3.05) is 13.2 Å². The van der Waals surface area contributed by atoms with E-state index in [2.05, 4.69) is 148 Å². The number of hydrogen-bond acceptors (Lipinski definition) is 6. The van der Waals surface area contributed by atoms with Gasteiger partial charge in [0.15, 0.2) is 6.10 Å². The van der Waals surface area contributed by atoms with Gasteiger partial charge < -0.3 is 14.2 Å². The summed E-state index contributed by atoms with van der Waals surface area (Å²) < 4.78 is 16.9. The maximum Gasteiger partial charge on any atom is 0.306 e. The lowest BCUT2D eigenvalue weighted by molar-refractivity contribution is -0.166. The molecule has 83 heavy (non-hydrogen) atoms. The summed E-state index contributed by atoms with van der Waals surface area (Å²) in [6.45, 7) is 6.37. The van der Waals surface area contributed by atoms with Crippen LogP contribution in [-0.4, -0.2) is 37.2 Å². The van der Waals surface area contributed by atoms with Gasteiger partial charge in [-0.05, 0) is 122 Å². The molecule has 0 bridgehead atoms. The fourth-order valence-electron chi connectivity index (χ4n) is 9.52. The Hall–Kier alpha value is -4.45. The van der Waals surface area contributed by atoms with Gasteiger partial charge >= 0.3 is 17.9 Å². The number of hydrogen-bond donors (Lipinski definition) is 0. The number of allylic oxidation sites excluding steroid dienone is 22.